The van der Waals surface area contributed by atoms with E-state index in [2.05, 4.69) is 51.6 Å². The molecule has 32 heavy (non-hydrogen) atoms. The van der Waals surface area contributed by atoms with Crippen molar-refractivity contribution in [1.82, 2.24) is 0 Å². The predicted molar refractivity (Wildman–Crippen MR) is 132 cm³/mol. The van der Waals surface area contributed by atoms with Crippen molar-refractivity contribution in [2.45, 2.75) is 72.1 Å². The summed E-state index contributed by atoms with van der Waals surface area (Å²) in [5, 5.41) is 13.7. The first-order valence-corrected chi connectivity index (χ1v) is 12.6. The van der Waals surface area contributed by atoms with Crippen molar-refractivity contribution in [2.24, 2.45) is 0 Å². The van der Waals surface area contributed by atoms with Crippen molar-refractivity contribution in [1.29, 1.82) is 0 Å². The van der Waals surface area contributed by atoms with Gasteiger partial charge in [-0.15, -0.1) is 0 Å². The normalized spacial score (nSPS) is 12.5. The zero-order chi connectivity index (χ0) is 24.5. The molecule has 0 unspecified atom stereocenters. The average molecular weight is 461 g/mol. The number of amides is 1. The van der Waals surface area contributed by atoms with Gasteiger partial charge in [0.15, 0.2) is 0 Å². The fraction of sp³-hybridized carbons (Fsp3) is 0.480. The second-order valence-corrected chi connectivity index (χ2v) is 12.2. The fourth-order valence-electron chi connectivity index (χ4n) is 3.47. The Hall–Kier alpha value is -2.54. The predicted octanol–water partition coefficient (Wildman–Crippen LogP) is 5.24. The topological polar surface area (TPSA) is 95.5 Å². The Labute approximate surface area is 192 Å². The van der Waals surface area contributed by atoms with E-state index >= 15 is 0 Å². The van der Waals surface area contributed by atoms with Crippen molar-refractivity contribution < 1.29 is 18.3 Å². The second-order valence-electron chi connectivity index (χ2n) is 10.5. The summed E-state index contributed by atoms with van der Waals surface area (Å²) in [6.45, 7) is 14.2. The largest absolute Gasteiger partial charge is 0.507 e. The van der Waals surface area contributed by atoms with Crippen LogP contribution in [0.1, 0.15) is 70.2 Å². The van der Waals surface area contributed by atoms with Gasteiger partial charge in [0.2, 0.25) is 15.9 Å². The number of anilines is 2. The quantitative estimate of drug-likeness (QED) is 0.549. The molecule has 0 atom stereocenters. The first-order chi connectivity index (χ1) is 14.5. The second kappa shape index (κ2) is 9.14. The third-order valence-corrected chi connectivity index (χ3v) is 5.83. The zero-order valence-electron chi connectivity index (χ0n) is 20.4. The molecule has 0 saturated carbocycles. The maximum absolute atomic E-state index is 12.6. The minimum absolute atomic E-state index is 0.165. The van der Waals surface area contributed by atoms with E-state index in [0.29, 0.717) is 23.5 Å². The Kier molecular flexibility index (Phi) is 7.34. The summed E-state index contributed by atoms with van der Waals surface area (Å²) in [6, 6.07) is 9.09. The van der Waals surface area contributed by atoms with Crippen LogP contribution >= 0.6 is 0 Å². The molecule has 0 fully saturated rings. The molecular formula is C25H36N2O4S. The summed E-state index contributed by atoms with van der Waals surface area (Å²) in [4.78, 5) is 12.6. The monoisotopic (exact) mass is 460 g/mol. The van der Waals surface area contributed by atoms with Crippen LogP contribution in [-0.2, 0) is 32.1 Å². The third kappa shape index (κ3) is 6.99. The van der Waals surface area contributed by atoms with E-state index in [1.54, 1.807) is 25.1 Å². The van der Waals surface area contributed by atoms with E-state index in [-0.39, 0.29) is 23.2 Å². The molecule has 0 aromatic heterocycles. The molecule has 0 bridgehead atoms. The number of phenols is 1. The summed E-state index contributed by atoms with van der Waals surface area (Å²) in [5.74, 6) is 0.158. The van der Waals surface area contributed by atoms with E-state index in [1.165, 1.54) is 0 Å². The Morgan fingerprint density at radius 2 is 1.50 bits per heavy atom. The molecule has 2 aromatic carbocycles. The summed E-state index contributed by atoms with van der Waals surface area (Å²) in [5.41, 5.74) is 4.01. The Morgan fingerprint density at radius 1 is 0.969 bits per heavy atom. The number of aryl methyl sites for hydroxylation is 2. The Bertz CT molecular complexity index is 1070. The van der Waals surface area contributed by atoms with Gasteiger partial charge in [0.05, 0.1) is 11.9 Å². The van der Waals surface area contributed by atoms with Crippen molar-refractivity contribution in [2.75, 3.05) is 16.3 Å². The van der Waals surface area contributed by atoms with E-state index in [1.807, 2.05) is 12.1 Å². The van der Waals surface area contributed by atoms with Crippen LogP contribution in [0.5, 0.6) is 5.75 Å². The number of carbonyl (C=O) groups excluding carboxylic acids is 1. The van der Waals surface area contributed by atoms with Crippen LogP contribution < -0.4 is 10.0 Å². The van der Waals surface area contributed by atoms with E-state index in [9.17, 15) is 18.3 Å². The fourth-order valence-corrected chi connectivity index (χ4v) is 4.09. The van der Waals surface area contributed by atoms with Crippen molar-refractivity contribution in [3.05, 3.63) is 52.6 Å². The Morgan fingerprint density at radius 3 is 1.97 bits per heavy atom. The molecule has 0 aliphatic heterocycles. The number of carbonyl (C=O) groups is 1. The minimum atomic E-state index is -3.41. The van der Waals surface area contributed by atoms with Gasteiger partial charge in [-0.3, -0.25) is 9.52 Å². The highest BCUT2D eigenvalue weighted by Crippen LogP contribution is 2.40. The van der Waals surface area contributed by atoms with Gasteiger partial charge in [0.1, 0.15) is 5.75 Å². The van der Waals surface area contributed by atoms with Gasteiger partial charge in [-0.2, -0.15) is 0 Å². The first-order valence-electron chi connectivity index (χ1n) is 10.7. The Balaban J connectivity index is 2.21. The highest BCUT2D eigenvalue weighted by molar-refractivity contribution is 7.92. The smallest absolute Gasteiger partial charge is 0.229 e. The van der Waals surface area contributed by atoms with Crippen LogP contribution in [0.2, 0.25) is 0 Å². The average Bonchev–Trinajstić information content (AvgIpc) is 2.60. The molecule has 0 spiro atoms. The molecule has 0 aliphatic carbocycles. The maximum Gasteiger partial charge on any atom is 0.229 e. The number of rotatable bonds is 6. The van der Waals surface area contributed by atoms with Crippen molar-refractivity contribution in [3.8, 4) is 5.75 Å². The lowest BCUT2D eigenvalue weighted by Crippen LogP contribution is -2.18. The molecule has 2 rings (SSSR count). The van der Waals surface area contributed by atoms with Crippen LogP contribution in [0, 0.1) is 6.92 Å². The maximum atomic E-state index is 12.6. The van der Waals surface area contributed by atoms with Crippen LogP contribution in [0.4, 0.5) is 11.4 Å². The zero-order valence-corrected chi connectivity index (χ0v) is 21.2. The number of benzene rings is 2. The highest BCUT2D eigenvalue weighted by atomic mass is 32.2. The number of sulfonamides is 1. The van der Waals surface area contributed by atoms with Gasteiger partial charge in [-0.1, -0.05) is 59.7 Å². The standard InChI is InChI=1S/C25H36N2O4S/c1-16-9-11-18(15-21(16)27-32(8,30)31)26-22(28)12-10-17-13-19(24(2,3)4)23(29)20(14-17)25(5,6)7/h9,11,13-15,27,29H,10,12H2,1-8H3,(H,26,28). The summed E-state index contributed by atoms with van der Waals surface area (Å²) >= 11 is 0. The highest BCUT2D eigenvalue weighted by Gasteiger charge is 2.26. The van der Waals surface area contributed by atoms with Crippen molar-refractivity contribution >= 4 is 27.3 Å². The lowest BCUT2D eigenvalue weighted by atomic mass is 9.78. The van der Waals surface area contributed by atoms with Gasteiger partial charge >= 0.3 is 0 Å². The summed E-state index contributed by atoms with van der Waals surface area (Å²) in [6.07, 6.45) is 1.88. The number of phenolic OH excluding ortho intramolecular Hbond substituents is 1. The van der Waals surface area contributed by atoms with Crippen LogP contribution in [-0.4, -0.2) is 25.7 Å². The number of hydrogen-bond donors (Lipinski definition) is 3. The summed E-state index contributed by atoms with van der Waals surface area (Å²) < 4.78 is 25.6. The lowest BCUT2D eigenvalue weighted by molar-refractivity contribution is -0.116. The first kappa shape index (κ1) is 25.7. The molecule has 6 nitrogen and oxygen atoms in total. The molecular weight excluding hydrogens is 424 g/mol. The van der Waals surface area contributed by atoms with Gasteiger partial charge in [-0.25, -0.2) is 8.42 Å². The molecule has 1 amide bonds. The molecule has 2 aromatic rings. The van der Waals surface area contributed by atoms with E-state index < -0.39 is 10.0 Å². The van der Waals surface area contributed by atoms with E-state index in [0.717, 1.165) is 28.5 Å². The van der Waals surface area contributed by atoms with Crippen LogP contribution in [0.15, 0.2) is 30.3 Å². The molecule has 3 N–H and O–H groups in total. The van der Waals surface area contributed by atoms with Gasteiger partial charge in [0, 0.05) is 12.1 Å². The molecule has 0 radical (unpaired) electrons. The van der Waals surface area contributed by atoms with Crippen LogP contribution in [0.3, 0.4) is 0 Å². The van der Waals surface area contributed by atoms with Gasteiger partial charge < -0.3 is 10.4 Å². The SMILES string of the molecule is Cc1ccc(NC(=O)CCc2cc(C(C)(C)C)c(O)c(C(C)(C)C)c2)cc1NS(C)(=O)=O. The van der Waals surface area contributed by atoms with E-state index in [4.69, 9.17) is 0 Å². The number of hydrogen-bond acceptors (Lipinski definition) is 4. The lowest BCUT2D eigenvalue weighted by Gasteiger charge is -2.28. The summed E-state index contributed by atoms with van der Waals surface area (Å²) in [7, 11) is -3.41. The van der Waals surface area contributed by atoms with Gasteiger partial charge in [-0.05, 0) is 58.6 Å². The minimum Gasteiger partial charge on any atom is -0.507 e. The van der Waals surface area contributed by atoms with Gasteiger partial charge in [0.25, 0.3) is 0 Å². The molecule has 176 valence electrons. The van der Waals surface area contributed by atoms with Crippen LogP contribution in [0.25, 0.3) is 0 Å². The molecule has 0 saturated heterocycles. The van der Waals surface area contributed by atoms with Crippen molar-refractivity contribution in [3.63, 3.8) is 0 Å². The molecule has 0 aliphatic rings. The third-order valence-electron chi connectivity index (χ3n) is 5.24. The number of nitrogens with one attached hydrogen (secondary N) is 2. The molecule has 0 heterocycles. The molecule has 7 heteroatoms. The number of aromatic hydroxyl groups is 1.